The molecule has 0 aliphatic carbocycles. The fourth-order valence-corrected chi connectivity index (χ4v) is 2.58. The molecule has 2 rings (SSSR count). The van der Waals surface area contributed by atoms with Gasteiger partial charge in [0.05, 0.1) is 5.69 Å². The van der Waals surface area contributed by atoms with Gasteiger partial charge >= 0.3 is 0 Å². The van der Waals surface area contributed by atoms with Crippen LogP contribution in [0.2, 0.25) is 0 Å². The van der Waals surface area contributed by atoms with Gasteiger partial charge in [0.15, 0.2) is 0 Å². The third kappa shape index (κ3) is 1.95. The number of aryl methyl sites for hydroxylation is 1. The second-order valence-corrected chi connectivity index (χ2v) is 4.47. The fraction of sp³-hybridized carbons (Fsp3) is 0.154. The largest absolute Gasteiger partial charge is 0.340 e. The molecule has 2 heterocycles. The Morgan fingerprint density at radius 3 is 2.75 bits per heavy atom. The second-order valence-electron chi connectivity index (χ2n) is 3.62. The summed E-state index contributed by atoms with van der Waals surface area (Å²) in [6.45, 7) is 6.70. The molecule has 0 amide bonds. The van der Waals surface area contributed by atoms with Gasteiger partial charge in [0.1, 0.15) is 0 Å². The van der Waals surface area contributed by atoms with E-state index in [-0.39, 0.29) is 0 Å². The van der Waals surface area contributed by atoms with Crippen LogP contribution in [-0.2, 0) is 6.54 Å². The number of allylic oxidation sites excluding steroid dienone is 1. The summed E-state index contributed by atoms with van der Waals surface area (Å²) in [5, 5.41) is 0. The Morgan fingerprint density at radius 2 is 2.12 bits per heavy atom. The Morgan fingerprint density at radius 1 is 1.44 bits per heavy atom. The molecule has 0 radical (unpaired) electrons. The lowest BCUT2D eigenvalue weighted by atomic mass is 10.2. The molecule has 16 heavy (non-hydrogen) atoms. The maximum absolute atomic E-state index is 4.04. The van der Waals surface area contributed by atoms with Crippen LogP contribution in [0.3, 0.4) is 0 Å². The SMILES string of the molecule is C=CCn1c(C)cc(Br)c1-c1ccncc1. The van der Waals surface area contributed by atoms with Gasteiger partial charge in [-0.05, 0) is 41.1 Å². The number of aromatic nitrogens is 2. The molecule has 0 saturated carbocycles. The van der Waals surface area contributed by atoms with Crippen molar-refractivity contribution < 1.29 is 0 Å². The van der Waals surface area contributed by atoms with Crippen molar-refractivity contribution in [2.24, 2.45) is 0 Å². The van der Waals surface area contributed by atoms with Gasteiger partial charge in [-0.1, -0.05) is 6.08 Å². The Labute approximate surface area is 104 Å². The molecule has 0 aliphatic heterocycles. The summed E-state index contributed by atoms with van der Waals surface area (Å²) in [6.07, 6.45) is 5.52. The molecular formula is C13H13BrN2. The Bertz CT molecular complexity index is 500. The van der Waals surface area contributed by atoms with Crippen LogP contribution < -0.4 is 0 Å². The highest BCUT2D eigenvalue weighted by Gasteiger charge is 2.11. The standard InChI is InChI=1S/C13H13BrN2/c1-3-8-16-10(2)9-12(14)13(16)11-4-6-15-7-5-11/h3-7,9H,1,8H2,2H3. The third-order valence-corrected chi connectivity index (χ3v) is 3.13. The summed E-state index contributed by atoms with van der Waals surface area (Å²) >= 11 is 3.60. The number of hydrogen-bond donors (Lipinski definition) is 0. The third-order valence-electron chi connectivity index (χ3n) is 2.52. The first kappa shape index (κ1) is 11.1. The summed E-state index contributed by atoms with van der Waals surface area (Å²) in [7, 11) is 0. The molecule has 0 atom stereocenters. The van der Waals surface area contributed by atoms with Crippen molar-refractivity contribution in [3.8, 4) is 11.3 Å². The van der Waals surface area contributed by atoms with Crippen molar-refractivity contribution in [3.63, 3.8) is 0 Å². The van der Waals surface area contributed by atoms with Crippen molar-refractivity contribution in [1.29, 1.82) is 0 Å². The molecule has 2 nitrogen and oxygen atoms in total. The number of rotatable bonds is 3. The molecule has 0 aliphatic rings. The predicted octanol–water partition coefficient (Wildman–Crippen LogP) is 3.81. The minimum absolute atomic E-state index is 0.815. The Balaban J connectivity index is 2.59. The van der Waals surface area contributed by atoms with E-state index in [1.165, 1.54) is 11.4 Å². The summed E-state index contributed by atoms with van der Waals surface area (Å²) in [5.41, 5.74) is 3.57. The Kier molecular flexibility index (Phi) is 3.25. The van der Waals surface area contributed by atoms with E-state index in [9.17, 15) is 0 Å². The van der Waals surface area contributed by atoms with E-state index in [0.717, 1.165) is 16.6 Å². The zero-order valence-electron chi connectivity index (χ0n) is 9.15. The highest BCUT2D eigenvalue weighted by atomic mass is 79.9. The van der Waals surface area contributed by atoms with Crippen molar-refractivity contribution in [1.82, 2.24) is 9.55 Å². The van der Waals surface area contributed by atoms with E-state index in [1.54, 1.807) is 0 Å². The van der Waals surface area contributed by atoms with E-state index >= 15 is 0 Å². The van der Waals surface area contributed by atoms with Crippen LogP contribution in [0.25, 0.3) is 11.3 Å². The van der Waals surface area contributed by atoms with Gasteiger partial charge in [0.25, 0.3) is 0 Å². The van der Waals surface area contributed by atoms with E-state index in [0.29, 0.717) is 0 Å². The summed E-state index contributed by atoms with van der Waals surface area (Å²) in [5.74, 6) is 0. The molecule has 0 aromatic carbocycles. The van der Waals surface area contributed by atoms with E-state index in [2.05, 4.69) is 45.1 Å². The predicted molar refractivity (Wildman–Crippen MR) is 70.3 cm³/mol. The van der Waals surface area contributed by atoms with Crippen LogP contribution in [0, 0.1) is 6.92 Å². The molecule has 0 fully saturated rings. The normalized spacial score (nSPS) is 10.4. The first-order valence-electron chi connectivity index (χ1n) is 5.11. The van der Waals surface area contributed by atoms with Gasteiger partial charge in [-0.25, -0.2) is 0 Å². The molecule has 0 N–H and O–H groups in total. The van der Waals surface area contributed by atoms with Gasteiger partial charge in [0.2, 0.25) is 0 Å². The number of halogens is 1. The monoisotopic (exact) mass is 276 g/mol. The van der Waals surface area contributed by atoms with E-state index in [1.807, 2.05) is 30.6 Å². The molecular weight excluding hydrogens is 264 g/mol. The molecule has 0 unspecified atom stereocenters. The summed E-state index contributed by atoms with van der Waals surface area (Å²) in [4.78, 5) is 4.04. The fourth-order valence-electron chi connectivity index (χ4n) is 1.80. The first-order chi connectivity index (χ1) is 7.74. The molecule has 3 heteroatoms. The molecule has 0 bridgehead atoms. The zero-order chi connectivity index (χ0) is 11.5. The first-order valence-corrected chi connectivity index (χ1v) is 5.90. The van der Waals surface area contributed by atoms with Gasteiger partial charge in [0, 0.05) is 34.7 Å². The van der Waals surface area contributed by atoms with Crippen LogP contribution >= 0.6 is 15.9 Å². The lowest BCUT2D eigenvalue weighted by Crippen LogP contribution is -1.99. The maximum Gasteiger partial charge on any atom is 0.0630 e. The Hall–Kier alpha value is -1.35. The van der Waals surface area contributed by atoms with Crippen LogP contribution in [0.15, 0.2) is 47.7 Å². The van der Waals surface area contributed by atoms with Gasteiger partial charge in [-0.15, -0.1) is 6.58 Å². The molecule has 82 valence electrons. The zero-order valence-corrected chi connectivity index (χ0v) is 10.7. The number of pyridine rings is 1. The lowest BCUT2D eigenvalue weighted by molar-refractivity contribution is 0.806. The average Bonchev–Trinajstić information content (AvgIpc) is 2.56. The second kappa shape index (κ2) is 4.66. The van der Waals surface area contributed by atoms with Gasteiger partial charge in [-0.3, -0.25) is 4.98 Å². The van der Waals surface area contributed by atoms with Gasteiger partial charge < -0.3 is 4.57 Å². The van der Waals surface area contributed by atoms with Crippen molar-refractivity contribution in [3.05, 3.63) is 53.4 Å². The van der Waals surface area contributed by atoms with Crippen molar-refractivity contribution >= 4 is 15.9 Å². The molecule has 2 aromatic rings. The minimum atomic E-state index is 0.815. The molecule has 0 spiro atoms. The maximum atomic E-state index is 4.04. The summed E-state index contributed by atoms with van der Waals surface area (Å²) in [6, 6.07) is 6.15. The van der Waals surface area contributed by atoms with Crippen molar-refractivity contribution in [2.75, 3.05) is 0 Å². The van der Waals surface area contributed by atoms with Gasteiger partial charge in [-0.2, -0.15) is 0 Å². The number of nitrogens with zero attached hydrogens (tertiary/aromatic N) is 2. The minimum Gasteiger partial charge on any atom is -0.340 e. The summed E-state index contributed by atoms with van der Waals surface area (Å²) < 4.78 is 3.34. The van der Waals surface area contributed by atoms with Crippen LogP contribution in [-0.4, -0.2) is 9.55 Å². The number of hydrogen-bond acceptors (Lipinski definition) is 1. The highest BCUT2D eigenvalue weighted by Crippen LogP contribution is 2.31. The average molecular weight is 277 g/mol. The van der Waals surface area contributed by atoms with Crippen LogP contribution in [0.5, 0.6) is 0 Å². The van der Waals surface area contributed by atoms with Crippen molar-refractivity contribution in [2.45, 2.75) is 13.5 Å². The topological polar surface area (TPSA) is 17.8 Å². The van der Waals surface area contributed by atoms with E-state index < -0.39 is 0 Å². The van der Waals surface area contributed by atoms with E-state index in [4.69, 9.17) is 0 Å². The highest BCUT2D eigenvalue weighted by molar-refractivity contribution is 9.10. The quantitative estimate of drug-likeness (QED) is 0.780. The van der Waals surface area contributed by atoms with Crippen LogP contribution in [0.1, 0.15) is 5.69 Å². The van der Waals surface area contributed by atoms with Crippen LogP contribution in [0.4, 0.5) is 0 Å². The molecule has 2 aromatic heterocycles. The lowest BCUT2D eigenvalue weighted by Gasteiger charge is -2.09. The molecule has 0 saturated heterocycles. The smallest absolute Gasteiger partial charge is 0.0630 e.